The minimum absolute atomic E-state index is 0.491. The fourth-order valence-electron chi connectivity index (χ4n) is 1.76. The van der Waals surface area contributed by atoms with Crippen molar-refractivity contribution in [2.24, 2.45) is 7.05 Å². The number of nitrogens with zero attached hydrogens (tertiary/aromatic N) is 2. The number of hydrogen-bond acceptors (Lipinski definition) is 4. The molecule has 0 atom stereocenters. The molecule has 0 aliphatic heterocycles. The summed E-state index contributed by atoms with van der Waals surface area (Å²) < 4.78 is 12.4. The second kappa shape index (κ2) is 6.04. The summed E-state index contributed by atoms with van der Waals surface area (Å²) in [6.07, 6.45) is 5.26. The first-order chi connectivity index (χ1) is 9.22. The summed E-state index contributed by atoms with van der Waals surface area (Å²) in [7, 11) is 3.44. The Hall–Kier alpha value is -2.30. The van der Waals surface area contributed by atoms with Gasteiger partial charge >= 0.3 is 0 Å². The highest BCUT2D eigenvalue weighted by Crippen LogP contribution is 2.22. The van der Waals surface area contributed by atoms with Gasteiger partial charge in [0.25, 0.3) is 0 Å². The van der Waals surface area contributed by atoms with Crippen molar-refractivity contribution in [3.63, 3.8) is 0 Å². The van der Waals surface area contributed by atoms with Crippen molar-refractivity contribution >= 4 is 6.29 Å². The maximum Gasteiger partial charge on any atom is 0.153 e. The maximum atomic E-state index is 11.0. The highest BCUT2D eigenvalue weighted by molar-refractivity contribution is 5.80. The number of carbonyl (C=O) groups is 1. The number of benzene rings is 1. The Kier molecular flexibility index (Phi) is 4.18. The van der Waals surface area contributed by atoms with E-state index in [-0.39, 0.29) is 0 Å². The third kappa shape index (κ3) is 3.34. The Morgan fingerprint density at radius 1 is 1.42 bits per heavy atom. The standard InChI is InChI=1S/C14H16N2O3/c1-16-9-11(8-15-16)5-6-19-14-4-3-13(18-2)7-12(14)10-17/h3-4,7-10H,5-6H2,1-2H3. The van der Waals surface area contributed by atoms with Crippen molar-refractivity contribution in [3.05, 3.63) is 41.7 Å². The zero-order valence-electron chi connectivity index (χ0n) is 11.0. The molecule has 1 heterocycles. The summed E-state index contributed by atoms with van der Waals surface area (Å²) in [5, 5.41) is 4.09. The van der Waals surface area contributed by atoms with Gasteiger partial charge in [0.1, 0.15) is 11.5 Å². The average Bonchev–Trinajstić information content (AvgIpc) is 2.84. The zero-order valence-corrected chi connectivity index (χ0v) is 11.0. The molecule has 2 aromatic rings. The van der Waals surface area contributed by atoms with Gasteiger partial charge in [0.2, 0.25) is 0 Å². The topological polar surface area (TPSA) is 53.4 Å². The molecule has 2 rings (SSSR count). The van der Waals surface area contributed by atoms with Crippen LogP contribution in [-0.4, -0.2) is 29.8 Å². The molecule has 0 bridgehead atoms. The van der Waals surface area contributed by atoms with Gasteiger partial charge < -0.3 is 9.47 Å². The molecule has 1 aromatic carbocycles. The van der Waals surface area contributed by atoms with Crippen LogP contribution in [0, 0.1) is 0 Å². The molecule has 0 unspecified atom stereocenters. The quantitative estimate of drug-likeness (QED) is 0.744. The largest absolute Gasteiger partial charge is 0.497 e. The number of aldehydes is 1. The van der Waals surface area contributed by atoms with Crippen LogP contribution in [0.2, 0.25) is 0 Å². The Morgan fingerprint density at radius 3 is 2.89 bits per heavy atom. The van der Waals surface area contributed by atoms with Gasteiger partial charge in [-0.2, -0.15) is 5.10 Å². The van der Waals surface area contributed by atoms with E-state index < -0.39 is 0 Å². The van der Waals surface area contributed by atoms with Gasteiger partial charge in [-0.3, -0.25) is 9.48 Å². The van der Waals surface area contributed by atoms with E-state index >= 15 is 0 Å². The molecule has 5 nitrogen and oxygen atoms in total. The summed E-state index contributed by atoms with van der Waals surface area (Å²) >= 11 is 0. The van der Waals surface area contributed by atoms with Crippen molar-refractivity contribution in [2.45, 2.75) is 6.42 Å². The summed E-state index contributed by atoms with van der Waals surface area (Å²) in [5.41, 5.74) is 1.59. The van der Waals surface area contributed by atoms with E-state index in [1.807, 2.05) is 13.2 Å². The maximum absolute atomic E-state index is 11.0. The molecule has 0 amide bonds. The SMILES string of the molecule is COc1ccc(OCCc2cnn(C)c2)c(C=O)c1. The van der Waals surface area contributed by atoms with Crippen LogP contribution >= 0.6 is 0 Å². The summed E-state index contributed by atoms with van der Waals surface area (Å²) in [4.78, 5) is 11.0. The van der Waals surface area contributed by atoms with Gasteiger partial charge in [-0.05, 0) is 23.8 Å². The van der Waals surface area contributed by atoms with Gasteiger partial charge in [-0.15, -0.1) is 0 Å². The van der Waals surface area contributed by atoms with Crippen molar-refractivity contribution in [1.29, 1.82) is 0 Å². The molecule has 0 N–H and O–H groups in total. The van der Waals surface area contributed by atoms with Crippen LogP contribution in [0.15, 0.2) is 30.6 Å². The monoisotopic (exact) mass is 260 g/mol. The number of carbonyl (C=O) groups excluding carboxylic acids is 1. The van der Waals surface area contributed by atoms with E-state index in [0.717, 1.165) is 18.3 Å². The molecule has 0 aliphatic rings. The fraction of sp³-hybridized carbons (Fsp3) is 0.286. The minimum Gasteiger partial charge on any atom is -0.497 e. The van der Waals surface area contributed by atoms with E-state index in [0.29, 0.717) is 23.7 Å². The molecule has 0 spiro atoms. The van der Waals surface area contributed by atoms with Gasteiger partial charge in [0.15, 0.2) is 6.29 Å². The molecule has 0 saturated heterocycles. The Balaban J connectivity index is 1.97. The Bertz CT molecular complexity index is 564. The predicted octanol–water partition coefficient (Wildman–Crippen LogP) is 1.86. The highest BCUT2D eigenvalue weighted by atomic mass is 16.5. The van der Waals surface area contributed by atoms with E-state index in [2.05, 4.69) is 5.10 Å². The predicted molar refractivity (Wildman–Crippen MR) is 70.8 cm³/mol. The molecule has 0 saturated carbocycles. The van der Waals surface area contributed by atoms with Crippen molar-refractivity contribution in [1.82, 2.24) is 9.78 Å². The average molecular weight is 260 g/mol. The number of methoxy groups -OCH3 is 1. The molecule has 5 heteroatoms. The Labute approximate surface area is 111 Å². The second-order valence-electron chi connectivity index (χ2n) is 4.14. The minimum atomic E-state index is 0.491. The molecule has 19 heavy (non-hydrogen) atoms. The summed E-state index contributed by atoms with van der Waals surface area (Å²) in [6, 6.07) is 5.17. The third-order valence-corrected chi connectivity index (χ3v) is 2.75. The van der Waals surface area contributed by atoms with Gasteiger partial charge in [0.05, 0.1) is 25.5 Å². The lowest BCUT2D eigenvalue weighted by Gasteiger charge is -2.09. The molecule has 0 aliphatic carbocycles. The Morgan fingerprint density at radius 2 is 2.26 bits per heavy atom. The van der Waals surface area contributed by atoms with Crippen LogP contribution in [0.25, 0.3) is 0 Å². The summed E-state index contributed by atoms with van der Waals surface area (Å²) in [6.45, 7) is 0.499. The number of ether oxygens (including phenoxy) is 2. The molecular weight excluding hydrogens is 244 g/mol. The van der Waals surface area contributed by atoms with Gasteiger partial charge in [-0.1, -0.05) is 0 Å². The lowest BCUT2D eigenvalue weighted by atomic mass is 10.2. The number of aromatic nitrogens is 2. The van der Waals surface area contributed by atoms with E-state index in [1.165, 1.54) is 0 Å². The fourth-order valence-corrected chi connectivity index (χ4v) is 1.76. The van der Waals surface area contributed by atoms with E-state index in [1.54, 1.807) is 36.2 Å². The first-order valence-corrected chi connectivity index (χ1v) is 5.96. The third-order valence-electron chi connectivity index (χ3n) is 2.75. The lowest BCUT2D eigenvalue weighted by molar-refractivity contribution is 0.111. The molecular formula is C14H16N2O3. The van der Waals surface area contributed by atoms with Crippen LogP contribution in [0.1, 0.15) is 15.9 Å². The molecule has 0 radical (unpaired) electrons. The highest BCUT2D eigenvalue weighted by Gasteiger charge is 2.05. The first-order valence-electron chi connectivity index (χ1n) is 5.96. The van der Waals surface area contributed by atoms with Crippen LogP contribution in [0.5, 0.6) is 11.5 Å². The van der Waals surface area contributed by atoms with Crippen LogP contribution in [-0.2, 0) is 13.5 Å². The van der Waals surface area contributed by atoms with Crippen LogP contribution < -0.4 is 9.47 Å². The van der Waals surface area contributed by atoms with E-state index in [4.69, 9.17) is 9.47 Å². The molecule has 1 aromatic heterocycles. The number of hydrogen-bond donors (Lipinski definition) is 0. The van der Waals surface area contributed by atoms with Crippen molar-refractivity contribution < 1.29 is 14.3 Å². The second-order valence-corrected chi connectivity index (χ2v) is 4.14. The normalized spacial score (nSPS) is 10.2. The van der Waals surface area contributed by atoms with Gasteiger partial charge in [0, 0.05) is 19.7 Å². The first kappa shape index (κ1) is 13.1. The van der Waals surface area contributed by atoms with Crippen molar-refractivity contribution in [2.75, 3.05) is 13.7 Å². The van der Waals surface area contributed by atoms with Crippen molar-refractivity contribution in [3.8, 4) is 11.5 Å². The van der Waals surface area contributed by atoms with Crippen LogP contribution in [0.3, 0.4) is 0 Å². The van der Waals surface area contributed by atoms with Gasteiger partial charge in [-0.25, -0.2) is 0 Å². The smallest absolute Gasteiger partial charge is 0.153 e. The zero-order chi connectivity index (χ0) is 13.7. The number of rotatable bonds is 6. The summed E-state index contributed by atoms with van der Waals surface area (Å²) in [5.74, 6) is 1.21. The molecule has 0 fully saturated rings. The lowest BCUT2D eigenvalue weighted by Crippen LogP contribution is -2.03. The number of aryl methyl sites for hydroxylation is 1. The van der Waals surface area contributed by atoms with Crippen LogP contribution in [0.4, 0.5) is 0 Å². The van der Waals surface area contributed by atoms with E-state index in [9.17, 15) is 4.79 Å². The molecule has 100 valence electrons.